The summed E-state index contributed by atoms with van der Waals surface area (Å²) < 4.78 is 0. The van der Waals surface area contributed by atoms with Crippen molar-refractivity contribution in [1.29, 1.82) is 5.26 Å². The maximum Gasteiger partial charge on any atom is 0.234 e. The van der Waals surface area contributed by atoms with Crippen LogP contribution in [0.2, 0.25) is 10.0 Å². The van der Waals surface area contributed by atoms with Crippen molar-refractivity contribution in [1.82, 2.24) is 9.97 Å². The van der Waals surface area contributed by atoms with Crippen LogP contribution in [0.3, 0.4) is 0 Å². The van der Waals surface area contributed by atoms with Gasteiger partial charge in [-0.05, 0) is 30.3 Å². The van der Waals surface area contributed by atoms with Crippen molar-refractivity contribution in [3.63, 3.8) is 0 Å². The zero-order valence-electron chi connectivity index (χ0n) is 10.6. The molecule has 0 radical (unpaired) electrons. The summed E-state index contributed by atoms with van der Waals surface area (Å²) in [4.78, 5) is 8.37. The van der Waals surface area contributed by atoms with E-state index in [2.05, 4.69) is 15.3 Å². The molecule has 102 valence electrons. The van der Waals surface area contributed by atoms with Gasteiger partial charge >= 0.3 is 0 Å². The highest BCUT2D eigenvalue weighted by atomic mass is 35.5. The van der Waals surface area contributed by atoms with Crippen LogP contribution in [0.4, 0.5) is 11.5 Å². The first-order valence-electron chi connectivity index (χ1n) is 6.06. The Morgan fingerprint density at radius 2 is 1.86 bits per heavy atom. The zero-order valence-corrected chi connectivity index (χ0v) is 12.2. The molecular formula is C15H8Cl2N4. The first-order chi connectivity index (χ1) is 10.2. The minimum atomic E-state index is 0.0920. The van der Waals surface area contributed by atoms with Crippen molar-refractivity contribution >= 4 is 45.6 Å². The maximum atomic E-state index is 9.04. The first-order valence-corrected chi connectivity index (χ1v) is 6.82. The van der Waals surface area contributed by atoms with Gasteiger partial charge in [0.2, 0.25) is 5.82 Å². The number of aromatic nitrogens is 2. The fourth-order valence-corrected chi connectivity index (χ4v) is 2.28. The number of nitrogens with one attached hydrogen (secondary N) is 1. The molecule has 21 heavy (non-hydrogen) atoms. The largest absolute Gasteiger partial charge is 0.338 e. The Kier molecular flexibility index (Phi) is 3.61. The minimum absolute atomic E-state index is 0.0920. The Hall–Kier alpha value is -2.35. The molecule has 1 heterocycles. The van der Waals surface area contributed by atoms with Crippen LogP contribution in [0.25, 0.3) is 10.9 Å². The predicted molar refractivity (Wildman–Crippen MR) is 84.0 cm³/mol. The highest BCUT2D eigenvalue weighted by molar-refractivity contribution is 6.35. The van der Waals surface area contributed by atoms with E-state index in [-0.39, 0.29) is 5.82 Å². The molecule has 0 bridgehead atoms. The molecule has 4 nitrogen and oxygen atoms in total. The summed E-state index contributed by atoms with van der Waals surface area (Å²) in [6.45, 7) is 0. The number of para-hydroxylation sites is 1. The van der Waals surface area contributed by atoms with Crippen molar-refractivity contribution in [2.24, 2.45) is 0 Å². The standard InChI is InChI=1S/C15H8Cl2N4/c16-9-5-6-11(17)13(7-9)20-15-10-3-1-2-4-12(10)19-14(8-18)21-15/h1-7H,(H,19,20,21). The van der Waals surface area contributed by atoms with Gasteiger partial charge < -0.3 is 5.32 Å². The number of hydrogen-bond donors (Lipinski definition) is 1. The lowest BCUT2D eigenvalue weighted by Crippen LogP contribution is -2.00. The molecule has 0 aliphatic rings. The average Bonchev–Trinajstić information content (AvgIpc) is 2.50. The van der Waals surface area contributed by atoms with Crippen molar-refractivity contribution < 1.29 is 0 Å². The molecule has 3 rings (SSSR count). The molecule has 0 atom stereocenters. The highest BCUT2D eigenvalue weighted by Gasteiger charge is 2.09. The van der Waals surface area contributed by atoms with Crippen LogP contribution < -0.4 is 5.32 Å². The van der Waals surface area contributed by atoms with Crippen LogP contribution in [0.5, 0.6) is 0 Å². The number of benzene rings is 2. The van der Waals surface area contributed by atoms with Gasteiger partial charge in [-0.2, -0.15) is 5.26 Å². The Balaban J connectivity index is 2.16. The van der Waals surface area contributed by atoms with E-state index in [1.807, 2.05) is 30.3 Å². The van der Waals surface area contributed by atoms with Gasteiger partial charge in [0.15, 0.2) is 0 Å². The van der Waals surface area contributed by atoms with Gasteiger partial charge in [-0.15, -0.1) is 0 Å². The lowest BCUT2D eigenvalue weighted by Gasteiger charge is -2.10. The fraction of sp³-hybridized carbons (Fsp3) is 0. The maximum absolute atomic E-state index is 9.04. The number of hydrogen-bond acceptors (Lipinski definition) is 4. The van der Waals surface area contributed by atoms with Crippen LogP contribution in [-0.2, 0) is 0 Å². The summed E-state index contributed by atoms with van der Waals surface area (Å²) in [5.41, 5.74) is 1.31. The Bertz CT molecular complexity index is 871. The number of fused-ring (bicyclic) bond motifs is 1. The number of nitrogens with zero attached hydrogens (tertiary/aromatic N) is 3. The van der Waals surface area contributed by atoms with Crippen molar-refractivity contribution in [3.05, 3.63) is 58.3 Å². The quantitative estimate of drug-likeness (QED) is 0.753. The monoisotopic (exact) mass is 314 g/mol. The molecule has 0 unspecified atom stereocenters. The topological polar surface area (TPSA) is 61.6 Å². The number of nitriles is 1. The van der Waals surface area contributed by atoms with Crippen LogP contribution in [-0.4, -0.2) is 9.97 Å². The van der Waals surface area contributed by atoms with E-state index in [0.29, 0.717) is 27.1 Å². The molecule has 0 spiro atoms. The van der Waals surface area contributed by atoms with Gasteiger partial charge in [-0.3, -0.25) is 0 Å². The molecular weight excluding hydrogens is 307 g/mol. The van der Waals surface area contributed by atoms with Crippen molar-refractivity contribution in [3.8, 4) is 6.07 Å². The molecule has 0 saturated carbocycles. The normalized spacial score (nSPS) is 10.3. The zero-order chi connectivity index (χ0) is 14.8. The van der Waals surface area contributed by atoms with Gasteiger partial charge in [0.25, 0.3) is 0 Å². The van der Waals surface area contributed by atoms with Crippen LogP contribution >= 0.6 is 23.2 Å². The van der Waals surface area contributed by atoms with E-state index in [1.54, 1.807) is 18.2 Å². The highest BCUT2D eigenvalue weighted by Crippen LogP contribution is 2.30. The van der Waals surface area contributed by atoms with Crippen molar-refractivity contribution in [2.45, 2.75) is 0 Å². The summed E-state index contributed by atoms with van der Waals surface area (Å²) in [6, 6.07) is 14.5. The molecule has 0 saturated heterocycles. The van der Waals surface area contributed by atoms with E-state index < -0.39 is 0 Å². The number of anilines is 2. The lowest BCUT2D eigenvalue weighted by atomic mass is 10.2. The smallest absolute Gasteiger partial charge is 0.234 e. The molecule has 1 N–H and O–H groups in total. The second-order valence-corrected chi connectivity index (χ2v) is 5.12. The van der Waals surface area contributed by atoms with Gasteiger partial charge in [0.05, 0.1) is 16.2 Å². The molecule has 3 aromatic rings. The summed E-state index contributed by atoms with van der Waals surface area (Å²) in [7, 11) is 0. The number of rotatable bonds is 2. The van der Waals surface area contributed by atoms with Gasteiger partial charge in [0.1, 0.15) is 11.9 Å². The summed E-state index contributed by atoms with van der Waals surface area (Å²) in [5, 5.41) is 14.0. The molecule has 2 aromatic carbocycles. The van der Waals surface area contributed by atoms with E-state index in [0.717, 1.165) is 5.39 Å². The minimum Gasteiger partial charge on any atom is -0.338 e. The molecule has 6 heteroatoms. The lowest BCUT2D eigenvalue weighted by molar-refractivity contribution is 1.16. The summed E-state index contributed by atoms with van der Waals surface area (Å²) >= 11 is 12.1. The SMILES string of the molecule is N#Cc1nc(Nc2cc(Cl)ccc2Cl)c2ccccc2n1. The second kappa shape index (κ2) is 5.57. The Labute approximate surface area is 131 Å². The molecule has 0 fully saturated rings. The summed E-state index contributed by atoms with van der Waals surface area (Å²) in [5.74, 6) is 0.607. The Morgan fingerprint density at radius 3 is 2.67 bits per heavy atom. The molecule has 0 aliphatic carbocycles. The molecule has 1 aromatic heterocycles. The van der Waals surface area contributed by atoms with E-state index in [4.69, 9.17) is 28.5 Å². The van der Waals surface area contributed by atoms with Crippen LogP contribution in [0, 0.1) is 11.3 Å². The van der Waals surface area contributed by atoms with Crippen LogP contribution in [0.1, 0.15) is 5.82 Å². The summed E-state index contributed by atoms with van der Waals surface area (Å²) in [6.07, 6.45) is 0. The average molecular weight is 315 g/mol. The Morgan fingerprint density at radius 1 is 1.05 bits per heavy atom. The van der Waals surface area contributed by atoms with Gasteiger partial charge in [0, 0.05) is 10.4 Å². The number of halogens is 2. The van der Waals surface area contributed by atoms with E-state index >= 15 is 0 Å². The molecule has 0 amide bonds. The van der Waals surface area contributed by atoms with E-state index in [9.17, 15) is 0 Å². The molecule has 0 aliphatic heterocycles. The first kappa shape index (κ1) is 13.6. The van der Waals surface area contributed by atoms with Crippen molar-refractivity contribution in [2.75, 3.05) is 5.32 Å². The van der Waals surface area contributed by atoms with E-state index in [1.165, 1.54) is 0 Å². The van der Waals surface area contributed by atoms with Gasteiger partial charge in [-0.25, -0.2) is 9.97 Å². The third-order valence-electron chi connectivity index (χ3n) is 2.88. The third-order valence-corrected chi connectivity index (χ3v) is 3.45. The third kappa shape index (κ3) is 2.75. The predicted octanol–water partition coefficient (Wildman–Crippen LogP) is 4.55. The second-order valence-electron chi connectivity index (χ2n) is 4.27. The van der Waals surface area contributed by atoms with Crippen LogP contribution in [0.15, 0.2) is 42.5 Å². The fourth-order valence-electron chi connectivity index (χ4n) is 1.94. The van der Waals surface area contributed by atoms with Gasteiger partial charge in [-0.1, -0.05) is 35.3 Å².